The number of esters is 1. The number of unbranched alkanes of at least 4 members (excludes halogenated alkanes) is 1. The number of rotatable bonds is 8. The lowest BCUT2D eigenvalue weighted by Gasteiger charge is -2.27. The van der Waals surface area contributed by atoms with Gasteiger partial charge in [0.1, 0.15) is 11.8 Å². The molecule has 158 valence electrons. The average Bonchev–Trinajstić information content (AvgIpc) is 2.79. The van der Waals surface area contributed by atoms with E-state index in [1.54, 1.807) is 6.07 Å². The van der Waals surface area contributed by atoms with Crippen molar-refractivity contribution in [2.75, 3.05) is 0 Å². The van der Waals surface area contributed by atoms with Gasteiger partial charge in [-0.25, -0.2) is 0 Å². The second-order valence-corrected chi connectivity index (χ2v) is 8.51. The molecule has 0 aliphatic heterocycles. The van der Waals surface area contributed by atoms with Gasteiger partial charge in [0.2, 0.25) is 0 Å². The van der Waals surface area contributed by atoms with Crippen LogP contribution in [0.15, 0.2) is 42.5 Å². The van der Waals surface area contributed by atoms with Gasteiger partial charge < -0.3 is 4.74 Å². The molecule has 0 saturated heterocycles. The molecule has 0 radical (unpaired) electrons. The van der Waals surface area contributed by atoms with E-state index in [-0.39, 0.29) is 11.9 Å². The predicted octanol–water partition coefficient (Wildman–Crippen LogP) is 6.73. The maximum absolute atomic E-state index is 12.7. The van der Waals surface area contributed by atoms with Crippen LogP contribution in [0.2, 0.25) is 0 Å². The van der Waals surface area contributed by atoms with Crippen LogP contribution in [0, 0.1) is 17.2 Å². The summed E-state index contributed by atoms with van der Waals surface area (Å²) in [6, 6.07) is 16.8. The summed E-state index contributed by atoms with van der Waals surface area (Å²) in [5.74, 6) is 0.658. The van der Waals surface area contributed by atoms with Gasteiger partial charge in [-0.3, -0.25) is 4.79 Å². The third-order valence-electron chi connectivity index (χ3n) is 6.24. The molecule has 0 amide bonds. The molecule has 30 heavy (non-hydrogen) atoms. The monoisotopic (exact) mass is 403 g/mol. The number of benzene rings is 2. The number of carbonyl (C=O) groups excluding carboxylic acids is 1. The van der Waals surface area contributed by atoms with Crippen molar-refractivity contribution in [2.45, 2.75) is 77.6 Å². The van der Waals surface area contributed by atoms with E-state index in [0.29, 0.717) is 17.2 Å². The van der Waals surface area contributed by atoms with Gasteiger partial charge >= 0.3 is 5.97 Å². The zero-order valence-electron chi connectivity index (χ0n) is 18.3. The first-order valence-electron chi connectivity index (χ1n) is 11.5. The maximum Gasteiger partial charge on any atom is 0.314 e. The van der Waals surface area contributed by atoms with E-state index in [1.165, 1.54) is 17.5 Å². The highest BCUT2D eigenvalue weighted by Gasteiger charge is 2.29. The van der Waals surface area contributed by atoms with Crippen LogP contribution < -0.4 is 4.74 Å². The summed E-state index contributed by atoms with van der Waals surface area (Å²) in [5, 5.41) is 9.46. The Balaban J connectivity index is 1.56. The molecule has 3 rings (SSSR count). The van der Waals surface area contributed by atoms with E-state index in [0.717, 1.165) is 56.9 Å². The summed E-state index contributed by atoms with van der Waals surface area (Å²) in [6.45, 7) is 4.35. The molecule has 2 aromatic carbocycles. The maximum atomic E-state index is 12.7. The normalized spacial score (nSPS) is 18.6. The minimum absolute atomic E-state index is 0.0769. The highest BCUT2D eigenvalue weighted by atomic mass is 16.5. The van der Waals surface area contributed by atoms with Crippen LogP contribution in [0.5, 0.6) is 5.75 Å². The number of nitriles is 1. The first-order valence-corrected chi connectivity index (χ1v) is 11.5. The Morgan fingerprint density at radius 1 is 0.967 bits per heavy atom. The SMILES string of the molecule is CCCCc1ccc(OC(=O)C2CCC(c3ccc(CCC)cc3)CC2)c(C#N)c1. The molecule has 0 unspecified atom stereocenters. The number of ether oxygens (including phenoxy) is 1. The van der Waals surface area contributed by atoms with Crippen LogP contribution in [0.3, 0.4) is 0 Å². The zero-order valence-corrected chi connectivity index (χ0v) is 18.3. The minimum Gasteiger partial charge on any atom is -0.425 e. The number of carbonyl (C=O) groups is 1. The molecule has 0 heterocycles. The second kappa shape index (κ2) is 11.0. The molecule has 3 heteroatoms. The Labute approximate surface area is 181 Å². The van der Waals surface area contributed by atoms with Gasteiger partial charge in [0.15, 0.2) is 0 Å². The number of hydrogen-bond acceptors (Lipinski definition) is 3. The highest BCUT2D eigenvalue weighted by molar-refractivity contribution is 5.76. The lowest BCUT2D eigenvalue weighted by atomic mass is 9.78. The fraction of sp³-hybridized carbons (Fsp3) is 0.481. The summed E-state index contributed by atoms with van der Waals surface area (Å²) >= 11 is 0. The van der Waals surface area contributed by atoms with Crippen molar-refractivity contribution >= 4 is 5.97 Å². The van der Waals surface area contributed by atoms with Crippen LogP contribution in [0.1, 0.15) is 87.0 Å². The molecule has 2 aromatic rings. The topological polar surface area (TPSA) is 50.1 Å². The van der Waals surface area contributed by atoms with Crippen LogP contribution in [0.25, 0.3) is 0 Å². The Kier molecular flexibility index (Phi) is 8.08. The summed E-state index contributed by atoms with van der Waals surface area (Å²) in [5.41, 5.74) is 4.36. The van der Waals surface area contributed by atoms with E-state index >= 15 is 0 Å². The number of aryl methyl sites for hydroxylation is 2. The summed E-state index contributed by atoms with van der Waals surface area (Å²) < 4.78 is 5.66. The lowest BCUT2D eigenvalue weighted by Crippen LogP contribution is -2.25. The van der Waals surface area contributed by atoms with Crippen molar-refractivity contribution in [2.24, 2.45) is 5.92 Å². The quantitative estimate of drug-likeness (QED) is 0.362. The fourth-order valence-corrected chi connectivity index (χ4v) is 4.39. The smallest absolute Gasteiger partial charge is 0.314 e. The lowest BCUT2D eigenvalue weighted by molar-refractivity contribution is -0.140. The zero-order chi connectivity index (χ0) is 21.3. The average molecular weight is 404 g/mol. The van der Waals surface area contributed by atoms with Gasteiger partial charge in [-0.2, -0.15) is 5.26 Å². The fourth-order valence-electron chi connectivity index (χ4n) is 4.39. The highest BCUT2D eigenvalue weighted by Crippen LogP contribution is 2.36. The van der Waals surface area contributed by atoms with E-state index in [2.05, 4.69) is 44.2 Å². The van der Waals surface area contributed by atoms with Crippen molar-refractivity contribution in [3.8, 4) is 11.8 Å². The van der Waals surface area contributed by atoms with E-state index in [9.17, 15) is 10.1 Å². The van der Waals surface area contributed by atoms with Crippen LogP contribution in [-0.2, 0) is 17.6 Å². The molecular formula is C27H33NO2. The van der Waals surface area contributed by atoms with Gasteiger partial charge in [0.05, 0.1) is 11.5 Å². The van der Waals surface area contributed by atoms with Gasteiger partial charge in [0, 0.05) is 0 Å². The van der Waals surface area contributed by atoms with Crippen molar-refractivity contribution < 1.29 is 9.53 Å². The predicted molar refractivity (Wildman–Crippen MR) is 121 cm³/mol. The molecule has 0 aromatic heterocycles. The largest absolute Gasteiger partial charge is 0.425 e. The molecular weight excluding hydrogens is 370 g/mol. The Morgan fingerprint density at radius 3 is 2.30 bits per heavy atom. The van der Waals surface area contributed by atoms with E-state index < -0.39 is 0 Å². The number of nitrogens with zero attached hydrogens (tertiary/aromatic N) is 1. The molecule has 0 bridgehead atoms. The minimum atomic E-state index is -0.190. The molecule has 0 spiro atoms. The molecule has 0 N–H and O–H groups in total. The van der Waals surface area contributed by atoms with Crippen LogP contribution in [-0.4, -0.2) is 5.97 Å². The van der Waals surface area contributed by atoms with Crippen molar-refractivity contribution in [1.82, 2.24) is 0 Å². The molecule has 1 aliphatic carbocycles. The van der Waals surface area contributed by atoms with Gasteiger partial charge in [-0.15, -0.1) is 0 Å². The number of hydrogen-bond donors (Lipinski definition) is 0. The molecule has 3 nitrogen and oxygen atoms in total. The summed E-state index contributed by atoms with van der Waals surface area (Å²) in [6.07, 6.45) is 9.15. The van der Waals surface area contributed by atoms with Crippen molar-refractivity contribution in [1.29, 1.82) is 5.26 Å². The summed E-state index contributed by atoms with van der Waals surface area (Å²) in [4.78, 5) is 12.7. The van der Waals surface area contributed by atoms with Gasteiger partial charge in [-0.05, 0) is 79.7 Å². The first kappa shape index (κ1) is 22.1. The Bertz CT molecular complexity index is 871. The van der Waals surface area contributed by atoms with Gasteiger partial charge in [-0.1, -0.05) is 57.0 Å². The van der Waals surface area contributed by atoms with E-state index in [1.807, 2.05) is 12.1 Å². The van der Waals surface area contributed by atoms with Crippen LogP contribution in [0.4, 0.5) is 0 Å². The Hall–Kier alpha value is -2.60. The van der Waals surface area contributed by atoms with Crippen molar-refractivity contribution in [3.63, 3.8) is 0 Å². The molecule has 1 saturated carbocycles. The molecule has 0 atom stereocenters. The first-order chi connectivity index (χ1) is 14.6. The second-order valence-electron chi connectivity index (χ2n) is 8.51. The third-order valence-corrected chi connectivity index (χ3v) is 6.24. The van der Waals surface area contributed by atoms with E-state index in [4.69, 9.17) is 4.74 Å². The standard InChI is InChI=1S/C27H33NO2/c1-3-5-7-21-10-17-26(25(18-21)19-28)30-27(29)24-15-13-23(14-16-24)22-11-8-20(6-4-2)9-12-22/h8-12,17-18,23-24H,3-7,13-16H2,1-2H3. The molecule has 1 aliphatic rings. The third kappa shape index (κ3) is 5.72. The van der Waals surface area contributed by atoms with Crippen LogP contribution >= 0.6 is 0 Å². The van der Waals surface area contributed by atoms with Gasteiger partial charge in [0.25, 0.3) is 0 Å². The molecule has 1 fully saturated rings. The van der Waals surface area contributed by atoms with Crippen molar-refractivity contribution in [3.05, 3.63) is 64.7 Å². The Morgan fingerprint density at radius 2 is 1.67 bits per heavy atom. The summed E-state index contributed by atoms with van der Waals surface area (Å²) in [7, 11) is 0.